The Balaban J connectivity index is 0.000000193. The molecule has 4 aromatic rings. The van der Waals surface area contributed by atoms with Gasteiger partial charge in [-0.3, -0.25) is 19.4 Å². The van der Waals surface area contributed by atoms with Gasteiger partial charge in [0, 0.05) is 53.4 Å². The van der Waals surface area contributed by atoms with Crippen LogP contribution in [0.15, 0.2) is 66.7 Å². The molecule has 4 aliphatic rings. The number of hydrogen-bond acceptors (Lipinski definition) is 8. The summed E-state index contributed by atoms with van der Waals surface area (Å²) >= 11 is 0. The first-order valence-electron chi connectivity index (χ1n) is 21.9. The van der Waals surface area contributed by atoms with Gasteiger partial charge in [-0.05, 0) is 108 Å². The number of nitrogens with zero attached hydrogens (tertiary/aromatic N) is 2. The first kappa shape index (κ1) is 46.6. The van der Waals surface area contributed by atoms with Crippen molar-refractivity contribution in [2.75, 3.05) is 40.3 Å². The SMILES string of the molecule is CNC(=O)C1CN(Cc2cc(C)c(OCc3ccc4c(c3)OC(F)(F)O4)c(C)c2)C1.CNC(=O)C1CN(Cc2ccc(COc3ccc(C4CCCCC4)c(C(F)(F)F)c3)c(C)c2)C1. The number of carbonyl (C=O) groups excluding carboxylic acids is 2. The van der Waals surface area contributed by atoms with Gasteiger partial charge >= 0.3 is 12.5 Å². The molecule has 4 aromatic carbocycles. The molecule has 1 saturated carbocycles. The van der Waals surface area contributed by atoms with Crippen LogP contribution in [0.3, 0.4) is 0 Å². The molecule has 344 valence electrons. The quantitative estimate of drug-likeness (QED) is 0.128. The first-order chi connectivity index (χ1) is 30.5. The molecule has 1 aliphatic carbocycles. The molecule has 0 bridgehead atoms. The van der Waals surface area contributed by atoms with E-state index in [-0.39, 0.29) is 60.0 Å². The Labute approximate surface area is 371 Å². The number of nitrogens with one attached hydrogen (secondary N) is 2. The van der Waals surface area contributed by atoms with E-state index in [4.69, 9.17) is 9.47 Å². The average molecular weight is 893 g/mol. The molecule has 3 fully saturated rings. The highest BCUT2D eigenvalue weighted by atomic mass is 19.4. The minimum Gasteiger partial charge on any atom is -0.489 e. The van der Waals surface area contributed by atoms with Crippen molar-refractivity contribution in [3.8, 4) is 23.0 Å². The van der Waals surface area contributed by atoms with Gasteiger partial charge in [0.1, 0.15) is 24.7 Å². The number of ether oxygens (including phenoxy) is 4. The summed E-state index contributed by atoms with van der Waals surface area (Å²) < 4.78 is 88.4. The van der Waals surface area contributed by atoms with Crippen LogP contribution in [0.25, 0.3) is 0 Å². The Morgan fingerprint density at radius 2 is 1.27 bits per heavy atom. The third kappa shape index (κ3) is 11.4. The second-order valence-electron chi connectivity index (χ2n) is 17.4. The first-order valence-corrected chi connectivity index (χ1v) is 21.9. The molecular weight excluding hydrogens is 836 g/mol. The van der Waals surface area contributed by atoms with E-state index in [1.54, 1.807) is 32.3 Å². The lowest BCUT2D eigenvalue weighted by Crippen LogP contribution is -2.52. The highest BCUT2D eigenvalue weighted by molar-refractivity contribution is 5.80. The van der Waals surface area contributed by atoms with Crippen LogP contribution in [0.5, 0.6) is 23.0 Å². The van der Waals surface area contributed by atoms with Crippen molar-refractivity contribution in [3.05, 3.63) is 117 Å². The normalized spacial score (nSPS) is 17.7. The Kier molecular flexibility index (Phi) is 14.4. The van der Waals surface area contributed by atoms with E-state index in [1.807, 2.05) is 32.9 Å². The zero-order valence-corrected chi connectivity index (χ0v) is 37.0. The summed E-state index contributed by atoms with van der Waals surface area (Å²) in [6.07, 6.45) is -3.30. The van der Waals surface area contributed by atoms with Crippen LogP contribution >= 0.6 is 0 Å². The number of fused-ring (bicyclic) bond motifs is 1. The summed E-state index contributed by atoms with van der Waals surface area (Å²) in [5, 5.41) is 5.37. The van der Waals surface area contributed by atoms with Gasteiger partial charge in [0.05, 0.1) is 17.4 Å². The largest absolute Gasteiger partial charge is 0.586 e. The highest BCUT2D eigenvalue weighted by Crippen LogP contribution is 2.43. The lowest BCUT2D eigenvalue weighted by atomic mass is 9.82. The van der Waals surface area contributed by atoms with Gasteiger partial charge in [0.15, 0.2) is 11.5 Å². The number of halogens is 5. The van der Waals surface area contributed by atoms with Crippen LogP contribution in [0, 0.1) is 32.6 Å². The molecule has 2 amide bonds. The maximum absolute atomic E-state index is 13.8. The number of rotatable bonds is 13. The second-order valence-corrected chi connectivity index (χ2v) is 17.4. The molecule has 0 spiro atoms. The van der Waals surface area contributed by atoms with E-state index < -0.39 is 18.0 Å². The Bertz CT molecular complexity index is 2280. The van der Waals surface area contributed by atoms with Crippen molar-refractivity contribution >= 4 is 11.8 Å². The molecule has 0 unspecified atom stereocenters. The fraction of sp³-hybridized carbons (Fsp3) is 0.469. The third-order valence-electron chi connectivity index (χ3n) is 12.5. The van der Waals surface area contributed by atoms with E-state index in [0.29, 0.717) is 11.1 Å². The van der Waals surface area contributed by atoms with E-state index >= 15 is 0 Å². The molecule has 0 radical (unpaired) electrons. The monoisotopic (exact) mass is 892 g/mol. The van der Waals surface area contributed by atoms with E-state index in [1.165, 1.54) is 18.2 Å². The van der Waals surface area contributed by atoms with Gasteiger partial charge in [0.2, 0.25) is 11.8 Å². The topological polar surface area (TPSA) is 102 Å². The van der Waals surface area contributed by atoms with Crippen molar-refractivity contribution in [1.82, 2.24) is 20.4 Å². The molecular formula is C49H57F5N4O6. The van der Waals surface area contributed by atoms with Gasteiger partial charge in [-0.15, -0.1) is 8.78 Å². The van der Waals surface area contributed by atoms with Gasteiger partial charge in [-0.25, -0.2) is 0 Å². The molecule has 2 saturated heterocycles. The Morgan fingerprint density at radius 1 is 0.688 bits per heavy atom. The molecule has 2 N–H and O–H groups in total. The van der Waals surface area contributed by atoms with Crippen LogP contribution in [-0.2, 0) is 42.1 Å². The summed E-state index contributed by atoms with van der Waals surface area (Å²) in [4.78, 5) is 27.7. The van der Waals surface area contributed by atoms with Crippen molar-refractivity contribution in [2.24, 2.45) is 11.8 Å². The van der Waals surface area contributed by atoms with E-state index in [0.717, 1.165) is 111 Å². The van der Waals surface area contributed by atoms with Crippen molar-refractivity contribution in [1.29, 1.82) is 0 Å². The predicted molar refractivity (Wildman–Crippen MR) is 231 cm³/mol. The average Bonchev–Trinajstić information content (AvgIpc) is 3.55. The van der Waals surface area contributed by atoms with Crippen LogP contribution in [0.4, 0.5) is 22.0 Å². The predicted octanol–water partition coefficient (Wildman–Crippen LogP) is 9.20. The van der Waals surface area contributed by atoms with Gasteiger partial charge < -0.3 is 29.6 Å². The third-order valence-corrected chi connectivity index (χ3v) is 12.5. The lowest BCUT2D eigenvalue weighted by Gasteiger charge is -2.38. The molecule has 64 heavy (non-hydrogen) atoms. The van der Waals surface area contributed by atoms with E-state index in [9.17, 15) is 31.5 Å². The molecule has 15 heteroatoms. The molecule has 0 aromatic heterocycles. The number of carbonyl (C=O) groups is 2. The van der Waals surface area contributed by atoms with Gasteiger partial charge in [-0.2, -0.15) is 13.2 Å². The number of amides is 2. The standard InChI is InChI=1S/C27H33F3N2O2.C22H24F2N2O4/c1-18-12-19(14-32-15-22(16-32)26(33)31-2)8-9-21(18)17-34-23-10-11-24(20-6-4-3-5-7-20)25(13-23)27(28,29)30;1-13-6-16(9-26-10-17(11-26)21(27)25-3)7-14(2)20(13)28-12-15-4-5-18-19(8-15)30-22(23,24)29-18/h8-13,20,22H,3-7,14-17H2,1-2H3,(H,31,33);4-8,17H,9-12H2,1-3H3,(H,25,27). The second kappa shape index (κ2) is 19.8. The van der Waals surface area contributed by atoms with Crippen molar-refractivity contribution in [3.63, 3.8) is 0 Å². The molecule has 8 rings (SSSR count). The maximum Gasteiger partial charge on any atom is 0.586 e. The lowest BCUT2D eigenvalue weighted by molar-refractivity contribution is -0.286. The molecule has 3 aliphatic heterocycles. The summed E-state index contributed by atoms with van der Waals surface area (Å²) in [6.45, 7) is 11.0. The van der Waals surface area contributed by atoms with E-state index in [2.05, 4.69) is 48.1 Å². The molecule has 0 atom stereocenters. The number of hydrogen-bond donors (Lipinski definition) is 2. The summed E-state index contributed by atoms with van der Waals surface area (Å²) in [7, 11) is 3.32. The van der Waals surface area contributed by atoms with Gasteiger partial charge in [-0.1, -0.05) is 61.7 Å². The number of alkyl halides is 5. The highest BCUT2D eigenvalue weighted by Gasteiger charge is 2.43. The minimum absolute atomic E-state index is 0.00880. The molecule has 10 nitrogen and oxygen atoms in total. The zero-order chi connectivity index (χ0) is 45.8. The Morgan fingerprint density at radius 3 is 1.86 bits per heavy atom. The van der Waals surface area contributed by atoms with Crippen molar-refractivity contribution < 1.29 is 50.5 Å². The van der Waals surface area contributed by atoms with Crippen LogP contribution < -0.4 is 29.6 Å². The fourth-order valence-corrected chi connectivity index (χ4v) is 9.07. The smallest absolute Gasteiger partial charge is 0.489 e. The maximum atomic E-state index is 13.8. The zero-order valence-electron chi connectivity index (χ0n) is 37.0. The van der Waals surface area contributed by atoms with Gasteiger partial charge in [0.25, 0.3) is 0 Å². The van der Waals surface area contributed by atoms with Crippen molar-refractivity contribution in [2.45, 2.75) is 97.6 Å². The molecule has 3 heterocycles. The summed E-state index contributed by atoms with van der Waals surface area (Å²) in [5.41, 5.74) is 6.85. The Hall–Kier alpha value is -5.41. The number of likely N-dealkylation sites (tertiary alicyclic amines) is 2. The number of benzene rings is 4. The fourth-order valence-electron chi connectivity index (χ4n) is 9.07. The summed E-state index contributed by atoms with van der Waals surface area (Å²) in [6, 6.07) is 19.3. The van der Waals surface area contributed by atoms with Crippen LogP contribution in [0.1, 0.15) is 88.1 Å². The van der Waals surface area contributed by atoms with Crippen LogP contribution in [-0.4, -0.2) is 68.2 Å². The number of aryl methyl sites for hydroxylation is 3. The minimum atomic E-state index is -4.39. The van der Waals surface area contributed by atoms with Crippen LogP contribution in [0.2, 0.25) is 0 Å². The summed E-state index contributed by atoms with van der Waals surface area (Å²) in [5.74, 6) is 1.33.